The Morgan fingerprint density at radius 1 is 1.03 bits per heavy atom. The Hall–Kier alpha value is -2.58. The highest BCUT2D eigenvalue weighted by molar-refractivity contribution is 7.38. The number of likely N-dealkylation sites (tertiary alicyclic amines) is 1. The molecular weight excluding hydrogens is 511 g/mol. The molecule has 4 nitrogen and oxygen atoms in total. The van der Waals surface area contributed by atoms with E-state index in [1.54, 1.807) is 0 Å². The monoisotopic (exact) mass is 547 g/mol. The standard InChI is InChI=1S/C31H36FN3OP2/c1-21(2)30(36)33-25-9-5-7-23(19-25)22-13-16-34(17-14-22)20-24-8-6-12-28-26(24)15-18-35(28)29-11-4-3-10-27(29)31(32,37)38/h3-12,15,18-19,21-22H,13-14,16-17,20,37-38H2,1-2H3,(H,33,36). The number of nitrogens with zero attached hydrogens (tertiary/aromatic N) is 2. The van der Waals surface area contributed by atoms with Crippen LogP contribution in [0, 0.1) is 5.92 Å². The van der Waals surface area contributed by atoms with E-state index in [0.717, 1.165) is 49.4 Å². The topological polar surface area (TPSA) is 37.3 Å². The van der Waals surface area contributed by atoms with Gasteiger partial charge in [0.05, 0.1) is 11.2 Å². The second-order valence-electron chi connectivity index (χ2n) is 10.6. The number of hydrogen-bond donors (Lipinski definition) is 1. The van der Waals surface area contributed by atoms with E-state index in [-0.39, 0.29) is 11.8 Å². The van der Waals surface area contributed by atoms with Crippen molar-refractivity contribution < 1.29 is 9.18 Å². The fourth-order valence-electron chi connectivity index (χ4n) is 5.41. The molecule has 1 fully saturated rings. The fourth-order valence-corrected chi connectivity index (χ4v) is 5.90. The van der Waals surface area contributed by atoms with E-state index in [4.69, 9.17) is 0 Å². The first-order chi connectivity index (χ1) is 18.2. The van der Waals surface area contributed by atoms with Crippen LogP contribution in [0.25, 0.3) is 16.6 Å². The van der Waals surface area contributed by atoms with Crippen LogP contribution in [0.3, 0.4) is 0 Å². The lowest BCUT2D eigenvalue weighted by Crippen LogP contribution is -2.32. The summed E-state index contributed by atoms with van der Waals surface area (Å²) in [5, 5.41) is 2.65. The third-order valence-electron chi connectivity index (χ3n) is 7.53. The van der Waals surface area contributed by atoms with Gasteiger partial charge >= 0.3 is 0 Å². The minimum Gasteiger partial charge on any atom is -0.326 e. The van der Waals surface area contributed by atoms with Crippen LogP contribution < -0.4 is 5.32 Å². The number of para-hydroxylation sites is 1. The molecule has 0 radical (unpaired) electrons. The average molecular weight is 548 g/mol. The molecule has 0 bridgehead atoms. The van der Waals surface area contributed by atoms with Crippen molar-refractivity contribution >= 4 is 41.0 Å². The molecule has 7 heteroatoms. The van der Waals surface area contributed by atoms with E-state index in [0.29, 0.717) is 11.5 Å². The molecule has 1 amide bonds. The maximum atomic E-state index is 14.9. The third-order valence-corrected chi connectivity index (χ3v) is 8.15. The van der Waals surface area contributed by atoms with Crippen LogP contribution in [-0.2, 0) is 16.5 Å². The molecule has 0 saturated carbocycles. The van der Waals surface area contributed by atoms with Gasteiger partial charge in [-0.25, -0.2) is 4.39 Å². The number of anilines is 1. The number of aromatic nitrogens is 1. The molecule has 3 aromatic carbocycles. The van der Waals surface area contributed by atoms with Gasteiger partial charge in [0.15, 0.2) is 5.15 Å². The summed E-state index contributed by atoms with van der Waals surface area (Å²) in [5.74, 6) is 0.511. The molecule has 1 aromatic heterocycles. The summed E-state index contributed by atoms with van der Waals surface area (Å²) in [7, 11) is 4.57. The van der Waals surface area contributed by atoms with Crippen molar-refractivity contribution in [1.29, 1.82) is 0 Å². The van der Waals surface area contributed by atoms with Crippen molar-refractivity contribution in [2.45, 2.75) is 44.3 Å². The van der Waals surface area contributed by atoms with Gasteiger partial charge in [-0.1, -0.05) is 74.8 Å². The lowest BCUT2D eigenvalue weighted by Gasteiger charge is -2.32. The van der Waals surface area contributed by atoms with Gasteiger partial charge in [-0.05, 0) is 73.3 Å². The highest BCUT2D eigenvalue weighted by atomic mass is 31.1. The Balaban J connectivity index is 1.29. The molecule has 0 spiro atoms. The molecule has 1 saturated heterocycles. The second kappa shape index (κ2) is 11.3. The zero-order valence-electron chi connectivity index (χ0n) is 22.0. The SMILES string of the molecule is CC(C)C(=O)Nc1cccc(C2CCN(Cc3cccc4c3ccn4-c3ccccc3C(F)(P)P)CC2)c1. The maximum Gasteiger partial charge on any atom is 0.226 e. The molecule has 1 aliphatic heterocycles. The Morgan fingerprint density at radius 2 is 1.76 bits per heavy atom. The Morgan fingerprint density at radius 3 is 2.50 bits per heavy atom. The van der Waals surface area contributed by atoms with Crippen molar-refractivity contribution in [2.75, 3.05) is 18.4 Å². The van der Waals surface area contributed by atoms with Gasteiger partial charge in [0.25, 0.3) is 0 Å². The predicted octanol–water partition coefficient (Wildman–Crippen LogP) is 7.43. The van der Waals surface area contributed by atoms with Crippen molar-refractivity contribution in [3.05, 3.63) is 95.7 Å². The molecule has 38 heavy (non-hydrogen) atoms. The van der Waals surface area contributed by atoms with E-state index in [9.17, 15) is 9.18 Å². The number of carbonyl (C=O) groups excluding carboxylic acids is 1. The molecule has 1 aliphatic rings. The number of alkyl halides is 1. The first-order valence-electron chi connectivity index (χ1n) is 13.3. The number of benzene rings is 3. The van der Waals surface area contributed by atoms with Crippen LogP contribution in [0.4, 0.5) is 10.1 Å². The van der Waals surface area contributed by atoms with Gasteiger partial charge in [-0.2, -0.15) is 0 Å². The summed E-state index contributed by atoms with van der Waals surface area (Å²) in [6.07, 6.45) is 4.23. The summed E-state index contributed by atoms with van der Waals surface area (Å²) in [6.45, 7) is 6.76. The number of nitrogens with one attached hydrogen (secondary N) is 1. The van der Waals surface area contributed by atoms with Crippen LogP contribution in [-0.4, -0.2) is 28.5 Å². The first-order valence-corrected chi connectivity index (χ1v) is 14.4. The van der Waals surface area contributed by atoms with Gasteiger partial charge < -0.3 is 9.88 Å². The van der Waals surface area contributed by atoms with Crippen molar-refractivity contribution in [3.8, 4) is 5.69 Å². The molecule has 2 heterocycles. The van der Waals surface area contributed by atoms with Crippen LogP contribution in [0.1, 0.15) is 49.3 Å². The molecular formula is C31H36FN3OP2. The summed E-state index contributed by atoms with van der Waals surface area (Å²) < 4.78 is 17.0. The lowest BCUT2D eigenvalue weighted by molar-refractivity contribution is -0.118. The minimum atomic E-state index is -1.59. The number of halogens is 1. The maximum absolute atomic E-state index is 14.9. The summed E-state index contributed by atoms with van der Waals surface area (Å²) in [6, 6.07) is 24.5. The zero-order valence-corrected chi connectivity index (χ0v) is 24.3. The first kappa shape index (κ1) is 27.0. The number of rotatable bonds is 7. The average Bonchev–Trinajstić information content (AvgIpc) is 3.34. The summed E-state index contributed by atoms with van der Waals surface area (Å²) in [5.41, 5.74) is 6.03. The van der Waals surface area contributed by atoms with Crippen LogP contribution in [0.5, 0.6) is 0 Å². The minimum absolute atomic E-state index is 0.0356. The number of amides is 1. The number of carbonyl (C=O) groups is 1. The van der Waals surface area contributed by atoms with Crippen molar-refractivity contribution in [3.63, 3.8) is 0 Å². The van der Waals surface area contributed by atoms with E-state index in [2.05, 4.69) is 69.7 Å². The van der Waals surface area contributed by atoms with Gasteiger partial charge in [-0.3, -0.25) is 9.69 Å². The predicted molar refractivity (Wildman–Crippen MR) is 163 cm³/mol. The van der Waals surface area contributed by atoms with Gasteiger partial charge in [0.2, 0.25) is 5.91 Å². The Bertz CT molecular complexity index is 1430. The van der Waals surface area contributed by atoms with Gasteiger partial charge in [-0.15, -0.1) is 0 Å². The van der Waals surface area contributed by atoms with Crippen LogP contribution >= 0.6 is 18.5 Å². The summed E-state index contributed by atoms with van der Waals surface area (Å²) >= 11 is 0. The highest BCUT2D eigenvalue weighted by Gasteiger charge is 2.25. The van der Waals surface area contributed by atoms with Crippen LogP contribution in [0.2, 0.25) is 0 Å². The normalized spacial score (nSPS) is 15.3. The highest BCUT2D eigenvalue weighted by Crippen LogP contribution is 2.43. The van der Waals surface area contributed by atoms with Crippen molar-refractivity contribution in [1.82, 2.24) is 9.47 Å². The molecule has 4 aromatic rings. The molecule has 1 N–H and O–H groups in total. The Labute approximate surface area is 229 Å². The van der Waals surface area contributed by atoms with E-state index >= 15 is 0 Å². The number of fused-ring (bicyclic) bond motifs is 1. The molecule has 198 valence electrons. The third kappa shape index (κ3) is 5.86. The summed E-state index contributed by atoms with van der Waals surface area (Å²) in [4.78, 5) is 14.6. The van der Waals surface area contributed by atoms with Crippen LogP contribution in [0.15, 0.2) is 79.0 Å². The largest absolute Gasteiger partial charge is 0.326 e. The second-order valence-corrected chi connectivity index (χ2v) is 13.0. The van der Waals surface area contributed by atoms with E-state index in [1.807, 2.05) is 56.4 Å². The smallest absolute Gasteiger partial charge is 0.226 e. The van der Waals surface area contributed by atoms with E-state index < -0.39 is 5.15 Å². The quantitative estimate of drug-likeness (QED) is 0.244. The van der Waals surface area contributed by atoms with Gasteiger partial charge in [0.1, 0.15) is 0 Å². The molecule has 2 unspecified atom stereocenters. The molecule has 2 atom stereocenters. The molecule has 0 aliphatic carbocycles. The molecule has 5 rings (SSSR count). The number of hydrogen-bond acceptors (Lipinski definition) is 2. The van der Waals surface area contributed by atoms with E-state index in [1.165, 1.54) is 16.5 Å². The fraction of sp³-hybridized carbons (Fsp3) is 0.323. The zero-order chi connectivity index (χ0) is 26.9. The number of piperidine rings is 1. The van der Waals surface area contributed by atoms with Gasteiger partial charge in [0, 0.05) is 35.3 Å². The lowest BCUT2D eigenvalue weighted by atomic mass is 9.89. The Kier molecular flexibility index (Phi) is 8.00. The van der Waals surface area contributed by atoms with Crippen molar-refractivity contribution in [2.24, 2.45) is 5.92 Å².